The highest BCUT2D eigenvalue weighted by atomic mass is 35.5. The molecule has 76 valence electrons. The van der Waals surface area contributed by atoms with Crippen molar-refractivity contribution in [2.45, 2.75) is 12.8 Å². The van der Waals surface area contributed by atoms with Crippen LogP contribution in [0.2, 0.25) is 5.02 Å². The van der Waals surface area contributed by atoms with E-state index in [1.54, 1.807) is 0 Å². The predicted molar refractivity (Wildman–Crippen MR) is 47.3 cm³/mol. The summed E-state index contributed by atoms with van der Waals surface area (Å²) < 4.78 is 25.4. The van der Waals surface area contributed by atoms with Gasteiger partial charge < -0.3 is 5.11 Å². The molecule has 0 saturated carbocycles. The zero-order valence-electron chi connectivity index (χ0n) is 7.06. The molecule has 1 rings (SSSR count). The Morgan fingerprint density at radius 3 is 2.64 bits per heavy atom. The van der Waals surface area contributed by atoms with E-state index in [0.29, 0.717) is 5.56 Å². The second-order valence-corrected chi connectivity index (χ2v) is 3.11. The molecule has 0 unspecified atom stereocenters. The summed E-state index contributed by atoms with van der Waals surface area (Å²) in [7, 11) is 0. The molecule has 1 N–H and O–H groups in total. The topological polar surface area (TPSA) is 37.3 Å². The van der Waals surface area contributed by atoms with Crippen LogP contribution in [0.1, 0.15) is 12.0 Å². The Bertz CT molecular complexity index is 366. The summed E-state index contributed by atoms with van der Waals surface area (Å²) in [4.78, 5) is 10.2. The summed E-state index contributed by atoms with van der Waals surface area (Å²) >= 11 is 5.47. The molecule has 0 aliphatic rings. The standard InChI is InChI=1S/C9H7ClF2O2/c10-8-5(2-4-7(13)14)1-3-6(11)9(8)12/h1,3H,2,4H2,(H,13,14). The van der Waals surface area contributed by atoms with Gasteiger partial charge in [-0.05, 0) is 18.1 Å². The van der Waals surface area contributed by atoms with Crippen LogP contribution in [-0.4, -0.2) is 11.1 Å². The van der Waals surface area contributed by atoms with Crippen molar-refractivity contribution < 1.29 is 18.7 Å². The second kappa shape index (κ2) is 4.37. The number of hydrogen-bond donors (Lipinski definition) is 1. The molecule has 0 spiro atoms. The average Bonchev–Trinajstić information content (AvgIpc) is 2.13. The Morgan fingerprint density at radius 2 is 2.07 bits per heavy atom. The highest BCUT2D eigenvalue weighted by Crippen LogP contribution is 2.23. The molecule has 0 bridgehead atoms. The first-order valence-electron chi connectivity index (χ1n) is 3.86. The number of aliphatic carboxylic acids is 1. The summed E-state index contributed by atoms with van der Waals surface area (Å²) in [6.07, 6.45) is -0.0733. The molecular weight excluding hydrogens is 214 g/mol. The zero-order valence-corrected chi connectivity index (χ0v) is 7.81. The van der Waals surface area contributed by atoms with E-state index in [1.165, 1.54) is 6.07 Å². The van der Waals surface area contributed by atoms with Crippen molar-refractivity contribution in [1.29, 1.82) is 0 Å². The van der Waals surface area contributed by atoms with Crippen molar-refractivity contribution >= 4 is 17.6 Å². The van der Waals surface area contributed by atoms with E-state index in [2.05, 4.69) is 0 Å². The molecule has 0 aromatic heterocycles. The first-order valence-corrected chi connectivity index (χ1v) is 4.24. The number of carboxylic acid groups (broad SMARTS) is 1. The van der Waals surface area contributed by atoms with Crippen LogP contribution in [0.3, 0.4) is 0 Å². The van der Waals surface area contributed by atoms with Crippen molar-refractivity contribution in [2.75, 3.05) is 0 Å². The summed E-state index contributed by atoms with van der Waals surface area (Å²) in [5.74, 6) is -3.17. The maximum atomic E-state index is 12.9. The molecular formula is C9H7ClF2O2. The smallest absolute Gasteiger partial charge is 0.303 e. The van der Waals surface area contributed by atoms with E-state index < -0.39 is 17.6 Å². The van der Waals surface area contributed by atoms with Gasteiger partial charge in [-0.2, -0.15) is 0 Å². The summed E-state index contributed by atoms with van der Waals surface area (Å²) in [6.45, 7) is 0. The first-order chi connectivity index (χ1) is 6.52. The van der Waals surface area contributed by atoms with Gasteiger partial charge in [0, 0.05) is 6.42 Å². The minimum atomic E-state index is -1.13. The van der Waals surface area contributed by atoms with Crippen LogP contribution in [-0.2, 0) is 11.2 Å². The van der Waals surface area contributed by atoms with E-state index in [9.17, 15) is 13.6 Å². The van der Waals surface area contributed by atoms with Crippen LogP contribution in [0.25, 0.3) is 0 Å². The number of halogens is 3. The molecule has 0 aliphatic carbocycles. The van der Waals surface area contributed by atoms with Gasteiger partial charge in [-0.15, -0.1) is 0 Å². The highest BCUT2D eigenvalue weighted by Gasteiger charge is 2.11. The molecule has 0 radical (unpaired) electrons. The average molecular weight is 221 g/mol. The second-order valence-electron chi connectivity index (χ2n) is 2.73. The molecule has 0 saturated heterocycles. The van der Waals surface area contributed by atoms with E-state index >= 15 is 0 Å². The maximum Gasteiger partial charge on any atom is 0.303 e. The molecule has 14 heavy (non-hydrogen) atoms. The van der Waals surface area contributed by atoms with Crippen LogP contribution < -0.4 is 0 Å². The van der Waals surface area contributed by atoms with Gasteiger partial charge in [0.15, 0.2) is 11.6 Å². The molecule has 0 amide bonds. The van der Waals surface area contributed by atoms with Crippen LogP contribution in [0.15, 0.2) is 12.1 Å². The maximum absolute atomic E-state index is 12.9. The van der Waals surface area contributed by atoms with Gasteiger partial charge in [-0.25, -0.2) is 8.78 Å². The van der Waals surface area contributed by atoms with Crippen LogP contribution in [0.5, 0.6) is 0 Å². The minimum Gasteiger partial charge on any atom is -0.481 e. The third-order valence-electron chi connectivity index (χ3n) is 1.72. The van der Waals surface area contributed by atoms with E-state index in [1.807, 2.05) is 0 Å². The van der Waals surface area contributed by atoms with Gasteiger partial charge in [-0.1, -0.05) is 17.7 Å². The Labute approximate surface area is 84.1 Å². The van der Waals surface area contributed by atoms with Crippen molar-refractivity contribution in [3.05, 3.63) is 34.4 Å². The number of aryl methyl sites for hydroxylation is 1. The zero-order chi connectivity index (χ0) is 10.7. The van der Waals surface area contributed by atoms with Crippen LogP contribution in [0, 0.1) is 11.6 Å². The molecule has 1 aromatic carbocycles. The molecule has 0 aliphatic heterocycles. The fourth-order valence-corrected chi connectivity index (χ4v) is 1.25. The van der Waals surface area contributed by atoms with E-state index in [-0.39, 0.29) is 17.9 Å². The molecule has 0 heterocycles. The van der Waals surface area contributed by atoms with Gasteiger partial charge in [0.1, 0.15) is 0 Å². The van der Waals surface area contributed by atoms with Crippen molar-refractivity contribution in [3.63, 3.8) is 0 Å². The largest absolute Gasteiger partial charge is 0.481 e. The number of rotatable bonds is 3. The Hall–Kier alpha value is -1.16. The van der Waals surface area contributed by atoms with Crippen LogP contribution >= 0.6 is 11.6 Å². The fraction of sp³-hybridized carbons (Fsp3) is 0.222. The third kappa shape index (κ3) is 2.42. The summed E-state index contributed by atoms with van der Waals surface area (Å²) in [5, 5.41) is 8.04. The normalized spacial score (nSPS) is 10.2. The SMILES string of the molecule is O=C(O)CCc1ccc(F)c(F)c1Cl. The summed E-state index contributed by atoms with van der Waals surface area (Å²) in [5.41, 5.74) is 0.299. The van der Waals surface area contributed by atoms with E-state index in [4.69, 9.17) is 16.7 Å². The lowest BCUT2D eigenvalue weighted by Crippen LogP contribution is -1.99. The molecule has 2 nitrogen and oxygen atoms in total. The number of benzene rings is 1. The molecule has 1 aromatic rings. The van der Waals surface area contributed by atoms with Gasteiger partial charge in [0.2, 0.25) is 0 Å². The molecule has 0 fully saturated rings. The van der Waals surface area contributed by atoms with E-state index in [0.717, 1.165) is 6.07 Å². The lowest BCUT2D eigenvalue weighted by molar-refractivity contribution is -0.136. The lowest BCUT2D eigenvalue weighted by Gasteiger charge is -2.03. The number of carbonyl (C=O) groups is 1. The highest BCUT2D eigenvalue weighted by molar-refractivity contribution is 6.31. The van der Waals surface area contributed by atoms with Gasteiger partial charge in [-0.3, -0.25) is 4.79 Å². The predicted octanol–water partition coefficient (Wildman–Crippen LogP) is 2.64. The molecule has 0 atom stereocenters. The number of carboxylic acids is 1. The van der Waals surface area contributed by atoms with Gasteiger partial charge in [0.25, 0.3) is 0 Å². The minimum absolute atomic E-state index is 0.0887. The fourth-order valence-electron chi connectivity index (χ4n) is 1.00. The first kappa shape index (κ1) is 10.9. The van der Waals surface area contributed by atoms with Crippen molar-refractivity contribution in [3.8, 4) is 0 Å². The van der Waals surface area contributed by atoms with Crippen LogP contribution in [0.4, 0.5) is 8.78 Å². The lowest BCUT2D eigenvalue weighted by atomic mass is 10.1. The monoisotopic (exact) mass is 220 g/mol. The van der Waals surface area contributed by atoms with Crippen molar-refractivity contribution in [2.24, 2.45) is 0 Å². The Morgan fingerprint density at radius 1 is 1.43 bits per heavy atom. The quantitative estimate of drug-likeness (QED) is 0.795. The Kier molecular flexibility index (Phi) is 3.41. The summed E-state index contributed by atoms with van der Waals surface area (Å²) in [6, 6.07) is 2.21. The van der Waals surface area contributed by atoms with Crippen molar-refractivity contribution in [1.82, 2.24) is 0 Å². The van der Waals surface area contributed by atoms with Gasteiger partial charge in [0.05, 0.1) is 5.02 Å². The number of hydrogen-bond acceptors (Lipinski definition) is 1. The third-order valence-corrected chi connectivity index (χ3v) is 2.13. The Balaban J connectivity index is 2.88. The van der Waals surface area contributed by atoms with Gasteiger partial charge >= 0.3 is 5.97 Å². The molecule has 5 heteroatoms.